The lowest BCUT2D eigenvalue weighted by atomic mass is 10.0. The maximum atomic E-state index is 14.2. The first-order valence-corrected chi connectivity index (χ1v) is 11.6. The van der Waals surface area contributed by atoms with Crippen molar-refractivity contribution in [2.45, 2.75) is 19.0 Å². The summed E-state index contributed by atoms with van der Waals surface area (Å²) in [7, 11) is 0. The van der Waals surface area contributed by atoms with E-state index in [1.165, 1.54) is 10.9 Å². The van der Waals surface area contributed by atoms with Gasteiger partial charge in [0.1, 0.15) is 5.82 Å². The van der Waals surface area contributed by atoms with Gasteiger partial charge in [-0.1, -0.05) is 29.8 Å². The van der Waals surface area contributed by atoms with Crippen LogP contribution in [0.5, 0.6) is 0 Å². The van der Waals surface area contributed by atoms with E-state index in [0.717, 1.165) is 26.2 Å². The van der Waals surface area contributed by atoms with E-state index in [-0.39, 0.29) is 23.8 Å². The minimum absolute atomic E-state index is 0.0546. The Hall–Kier alpha value is -2.41. The lowest BCUT2D eigenvalue weighted by molar-refractivity contribution is 0.0890. The van der Waals surface area contributed by atoms with Crippen LogP contribution in [0.25, 0.3) is 0 Å². The molecule has 2 heterocycles. The second-order valence-corrected chi connectivity index (χ2v) is 9.12. The van der Waals surface area contributed by atoms with E-state index < -0.39 is 0 Å². The van der Waals surface area contributed by atoms with Gasteiger partial charge in [0.2, 0.25) is 0 Å². The molecule has 1 saturated heterocycles. The molecule has 2 unspecified atom stereocenters. The number of hydrogen-bond acceptors (Lipinski definition) is 4. The molecule has 1 N–H and O–H groups in total. The molecule has 1 fully saturated rings. The van der Waals surface area contributed by atoms with Crippen LogP contribution < -0.4 is 10.2 Å². The number of rotatable bonds is 6. The minimum atomic E-state index is -0.186. The summed E-state index contributed by atoms with van der Waals surface area (Å²) in [4.78, 5) is 18.5. The summed E-state index contributed by atoms with van der Waals surface area (Å²) in [6.45, 7) is 5.10. The van der Waals surface area contributed by atoms with Gasteiger partial charge in [-0.3, -0.25) is 9.69 Å². The molecule has 0 bridgehead atoms. The second-order valence-electron chi connectivity index (χ2n) is 7.70. The quantitative estimate of drug-likeness (QED) is 0.551. The molecule has 1 amide bonds. The van der Waals surface area contributed by atoms with Crippen LogP contribution in [0, 0.1) is 5.82 Å². The van der Waals surface area contributed by atoms with Crippen LogP contribution >= 0.6 is 22.9 Å². The molecule has 7 heteroatoms. The number of carbonyl (C=O) groups is 1. The minimum Gasteiger partial charge on any atom is -0.367 e. The Morgan fingerprint density at radius 1 is 1.03 bits per heavy atom. The van der Waals surface area contributed by atoms with E-state index in [0.29, 0.717) is 16.3 Å². The molecule has 2 atom stereocenters. The average Bonchev–Trinajstić information content (AvgIpc) is 3.29. The molecule has 2 aromatic carbocycles. The first-order chi connectivity index (χ1) is 15.0. The van der Waals surface area contributed by atoms with Crippen LogP contribution in [-0.2, 0) is 0 Å². The topological polar surface area (TPSA) is 35.6 Å². The van der Waals surface area contributed by atoms with Gasteiger partial charge in [0, 0.05) is 47.7 Å². The predicted octanol–water partition coefficient (Wildman–Crippen LogP) is 5.22. The number of carbonyl (C=O) groups excluding carboxylic acids is 1. The van der Waals surface area contributed by atoms with E-state index in [4.69, 9.17) is 11.6 Å². The van der Waals surface area contributed by atoms with Crippen molar-refractivity contribution in [3.8, 4) is 0 Å². The normalized spacial score (nSPS) is 16.7. The number of para-hydroxylation sites is 1. The molecule has 1 aromatic heterocycles. The van der Waals surface area contributed by atoms with Crippen molar-refractivity contribution in [1.82, 2.24) is 10.2 Å². The number of nitrogens with one attached hydrogen (secondary N) is 1. The number of amides is 1. The SMILES string of the molecule is CC(NC(=O)c1ccc(Cl)cc1)C(c1cccs1)N1CCN(c2ccccc2F)CC1. The molecule has 0 radical (unpaired) electrons. The Labute approximate surface area is 191 Å². The zero-order chi connectivity index (χ0) is 21.8. The van der Waals surface area contributed by atoms with Crippen molar-refractivity contribution in [3.63, 3.8) is 0 Å². The standard InChI is InChI=1S/C24H25ClFN3OS/c1-17(27-24(30)18-8-10-19(25)11-9-18)23(22-7-4-16-31-22)29-14-12-28(13-15-29)21-6-3-2-5-20(21)26/h2-11,16-17,23H,12-15H2,1H3,(H,27,30). The number of nitrogens with zero attached hydrogens (tertiary/aromatic N) is 2. The average molecular weight is 458 g/mol. The first-order valence-electron chi connectivity index (χ1n) is 10.4. The summed E-state index contributed by atoms with van der Waals surface area (Å²) in [5.41, 5.74) is 1.24. The van der Waals surface area contributed by atoms with E-state index in [1.807, 2.05) is 25.1 Å². The molecular weight excluding hydrogens is 433 g/mol. The Morgan fingerprint density at radius 2 is 1.74 bits per heavy atom. The molecule has 4 rings (SSSR count). The van der Waals surface area contributed by atoms with Crippen LogP contribution in [0.4, 0.5) is 10.1 Å². The Balaban J connectivity index is 1.47. The van der Waals surface area contributed by atoms with E-state index >= 15 is 0 Å². The Kier molecular flexibility index (Phi) is 6.90. The third kappa shape index (κ3) is 5.09. The summed E-state index contributed by atoms with van der Waals surface area (Å²) in [6, 6.07) is 17.9. The highest BCUT2D eigenvalue weighted by molar-refractivity contribution is 7.10. The van der Waals surface area contributed by atoms with E-state index in [1.54, 1.807) is 41.7 Å². The first kappa shape index (κ1) is 21.8. The molecule has 3 aromatic rings. The number of thiophene rings is 1. The fourth-order valence-electron chi connectivity index (χ4n) is 4.12. The molecule has 1 aliphatic heterocycles. The fourth-order valence-corrected chi connectivity index (χ4v) is 5.21. The highest BCUT2D eigenvalue weighted by atomic mass is 35.5. The monoisotopic (exact) mass is 457 g/mol. The smallest absolute Gasteiger partial charge is 0.251 e. The molecule has 31 heavy (non-hydrogen) atoms. The van der Waals surface area contributed by atoms with Gasteiger partial charge in [0.15, 0.2) is 0 Å². The summed E-state index contributed by atoms with van der Waals surface area (Å²) < 4.78 is 14.2. The van der Waals surface area contributed by atoms with Crippen molar-refractivity contribution < 1.29 is 9.18 Å². The van der Waals surface area contributed by atoms with Gasteiger partial charge in [-0.15, -0.1) is 11.3 Å². The highest BCUT2D eigenvalue weighted by Gasteiger charge is 2.31. The van der Waals surface area contributed by atoms with E-state index in [9.17, 15) is 9.18 Å². The number of benzene rings is 2. The highest BCUT2D eigenvalue weighted by Crippen LogP contribution is 2.31. The Bertz CT molecular complexity index is 1000. The van der Waals surface area contributed by atoms with Gasteiger partial charge >= 0.3 is 0 Å². The van der Waals surface area contributed by atoms with Crippen molar-refractivity contribution in [1.29, 1.82) is 0 Å². The van der Waals surface area contributed by atoms with Crippen LogP contribution in [-0.4, -0.2) is 43.0 Å². The van der Waals surface area contributed by atoms with Crippen LogP contribution in [0.15, 0.2) is 66.0 Å². The zero-order valence-corrected chi connectivity index (χ0v) is 18.9. The van der Waals surface area contributed by atoms with Crippen molar-refractivity contribution in [3.05, 3.63) is 87.3 Å². The summed E-state index contributed by atoms with van der Waals surface area (Å²) in [5.74, 6) is -0.301. The third-order valence-corrected chi connectivity index (χ3v) is 6.87. The second kappa shape index (κ2) is 9.81. The molecular formula is C24H25ClFN3OS. The van der Waals surface area contributed by atoms with Crippen molar-refractivity contribution in [2.75, 3.05) is 31.1 Å². The van der Waals surface area contributed by atoms with Crippen LogP contribution in [0.2, 0.25) is 5.02 Å². The number of halogens is 2. The van der Waals surface area contributed by atoms with Gasteiger partial charge in [-0.05, 0) is 54.8 Å². The van der Waals surface area contributed by atoms with Gasteiger partial charge in [-0.25, -0.2) is 4.39 Å². The summed E-state index contributed by atoms with van der Waals surface area (Å²) in [6.07, 6.45) is 0. The van der Waals surface area contributed by atoms with Crippen LogP contribution in [0.3, 0.4) is 0 Å². The molecule has 1 aliphatic rings. The third-order valence-electron chi connectivity index (χ3n) is 5.67. The van der Waals surface area contributed by atoms with Gasteiger partial charge in [0.25, 0.3) is 5.91 Å². The lowest BCUT2D eigenvalue weighted by Gasteiger charge is -2.42. The molecule has 4 nitrogen and oxygen atoms in total. The maximum absolute atomic E-state index is 14.2. The van der Waals surface area contributed by atoms with Crippen molar-refractivity contribution >= 4 is 34.5 Å². The largest absolute Gasteiger partial charge is 0.367 e. The number of anilines is 1. The lowest BCUT2D eigenvalue weighted by Crippen LogP contribution is -2.52. The van der Waals surface area contributed by atoms with Gasteiger partial charge < -0.3 is 10.2 Å². The zero-order valence-electron chi connectivity index (χ0n) is 17.3. The summed E-state index contributed by atoms with van der Waals surface area (Å²) >= 11 is 7.64. The molecule has 0 spiro atoms. The number of piperazine rings is 1. The Morgan fingerprint density at radius 3 is 2.39 bits per heavy atom. The molecule has 0 saturated carbocycles. The van der Waals surface area contributed by atoms with Crippen molar-refractivity contribution in [2.24, 2.45) is 0 Å². The van der Waals surface area contributed by atoms with E-state index in [2.05, 4.69) is 26.6 Å². The molecule has 162 valence electrons. The molecule has 0 aliphatic carbocycles. The fraction of sp³-hybridized carbons (Fsp3) is 0.292. The number of hydrogen-bond donors (Lipinski definition) is 1. The summed E-state index contributed by atoms with van der Waals surface area (Å²) in [5, 5.41) is 5.83. The maximum Gasteiger partial charge on any atom is 0.251 e. The van der Waals surface area contributed by atoms with Gasteiger partial charge in [0.05, 0.1) is 11.7 Å². The van der Waals surface area contributed by atoms with Crippen LogP contribution in [0.1, 0.15) is 28.2 Å². The predicted molar refractivity (Wildman–Crippen MR) is 126 cm³/mol. The van der Waals surface area contributed by atoms with Gasteiger partial charge in [-0.2, -0.15) is 0 Å².